The van der Waals surface area contributed by atoms with Crippen molar-refractivity contribution < 1.29 is 19.2 Å². The van der Waals surface area contributed by atoms with E-state index in [-0.39, 0.29) is 23.6 Å². The predicted octanol–water partition coefficient (Wildman–Crippen LogP) is 4.06. The molecule has 0 bridgehead atoms. The number of hydrogen-bond donors (Lipinski definition) is 1. The molecule has 8 heteroatoms. The summed E-state index contributed by atoms with van der Waals surface area (Å²) in [4.78, 5) is 35.7. The Morgan fingerprint density at radius 3 is 2.55 bits per heavy atom. The van der Waals surface area contributed by atoms with Gasteiger partial charge in [0.1, 0.15) is 0 Å². The number of carbonyl (C=O) groups excluding carboxylic acids is 2. The molecule has 2 aromatic rings. The highest BCUT2D eigenvalue weighted by Gasteiger charge is 2.28. The fraction of sp³-hybridized carbons (Fsp3) is 0.286. The summed E-state index contributed by atoms with van der Waals surface area (Å²) in [7, 11) is 0. The lowest BCUT2D eigenvalue weighted by Crippen LogP contribution is -2.31. The largest absolute Gasteiger partial charge is 0.461 e. The minimum atomic E-state index is -0.964. The molecular formula is C21H23N3O5. The van der Waals surface area contributed by atoms with Crippen LogP contribution in [0.4, 0.5) is 11.4 Å². The molecule has 0 amide bonds. The number of carbonyl (C=O) groups is 2. The normalized spacial score (nSPS) is 12.2. The predicted molar refractivity (Wildman–Crippen MR) is 110 cm³/mol. The highest BCUT2D eigenvalue weighted by Crippen LogP contribution is 2.19. The van der Waals surface area contributed by atoms with Gasteiger partial charge in [0.25, 0.3) is 5.69 Å². The molecule has 0 saturated heterocycles. The molecule has 29 heavy (non-hydrogen) atoms. The van der Waals surface area contributed by atoms with E-state index in [4.69, 9.17) is 4.74 Å². The van der Waals surface area contributed by atoms with Gasteiger partial charge in [-0.3, -0.25) is 20.3 Å². The number of Topliss-reactive ketones (excluding diaryl/α,β-unsaturated/α-hetero) is 1. The first-order valence-corrected chi connectivity index (χ1v) is 9.11. The number of nitro groups is 1. The molecular weight excluding hydrogens is 374 g/mol. The zero-order chi connectivity index (χ0) is 21.6. The number of rotatable bonds is 8. The minimum absolute atomic E-state index is 0.108. The van der Waals surface area contributed by atoms with Crippen molar-refractivity contribution in [3.8, 4) is 0 Å². The summed E-state index contributed by atoms with van der Waals surface area (Å²) in [5.74, 6) is -2.16. The number of benzene rings is 2. The van der Waals surface area contributed by atoms with E-state index in [0.717, 1.165) is 11.1 Å². The Kier molecular flexibility index (Phi) is 7.19. The Balaban J connectivity index is 2.35. The molecule has 0 aliphatic carbocycles. The van der Waals surface area contributed by atoms with Gasteiger partial charge in [-0.15, -0.1) is 0 Å². The maximum absolute atomic E-state index is 12.9. The van der Waals surface area contributed by atoms with Crippen LogP contribution in [0.5, 0.6) is 0 Å². The Bertz CT molecular complexity index is 969. The Hall–Kier alpha value is -3.55. The van der Waals surface area contributed by atoms with E-state index in [9.17, 15) is 19.7 Å². The first-order valence-electron chi connectivity index (χ1n) is 9.11. The van der Waals surface area contributed by atoms with Crippen LogP contribution in [-0.2, 0) is 9.53 Å². The van der Waals surface area contributed by atoms with Gasteiger partial charge in [-0.05, 0) is 39.3 Å². The number of ether oxygens (including phenoxy) is 1. The summed E-state index contributed by atoms with van der Waals surface area (Å²) in [6.45, 7) is 7.15. The van der Waals surface area contributed by atoms with Gasteiger partial charge in [-0.2, -0.15) is 5.10 Å². The zero-order valence-electron chi connectivity index (χ0n) is 16.8. The van der Waals surface area contributed by atoms with Gasteiger partial charge in [0, 0.05) is 17.7 Å². The Morgan fingerprint density at radius 2 is 1.93 bits per heavy atom. The molecule has 0 radical (unpaired) electrons. The van der Waals surface area contributed by atoms with Gasteiger partial charge in [0.05, 0.1) is 23.1 Å². The monoisotopic (exact) mass is 397 g/mol. The van der Waals surface area contributed by atoms with Crippen molar-refractivity contribution in [3.05, 3.63) is 69.3 Å². The second-order valence-corrected chi connectivity index (χ2v) is 6.54. The highest BCUT2D eigenvalue weighted by molar-refractivity contribution is 6.42. The van der Waals surface area contributed by atoms with Crippen LogP contribution in [0.3, 0.4) is 0 Å². The highest BCUT2D eigenvalue weighted by atomic mass is 16.6. The molecule has 1 N–H and O–H groups in total. The number of nitro benzene ring substituents is 1. The number of ketones is 1. The summed E-state index contributed by atoms with van der Waals surface area (Å²) in [5.41, 5.74) is 5.33. The average molecular weight is 397 g/mol. The third-order valence-electron chi connectivity index (χ3n) is 4.31. The summed E-state index contributed by atoms with van der Waals surface area (Å²) in [6.07, 6.45) is 0. The molecule has 0 saturated carbocycles. The Morgan fingerprint density at radius 1 is 1.21 bits per heavy atom. The van der Waals surface area contributed by atoms with Crippen molar-refractivity contribution >= 4 is 28.8 Å². The molecule has 2 aromatic carbocycles. The van der Waals surface area contributed by atoms with E-state index < -0.39 is 22.6 Å². The number of aryl methyl sites for hydroxylation is 2. The van der Waals surface area contributed by atoms with Crippen molar-refractivity contribution in [1.82, 2.24) is 0 Å². The van der Waals surface area contributed by atoms with E-state index in [1.165, 1.54) is 31.2 Å². The van der Waals surface area contributed by atoms with E-state index in [2.05, 4.69) is 10.5 Å². The third-order valence-corrected chi connectivity index (χ3v) is 4.31. The lowest BCUT2D eigenvalue weighted by Gasteiger charge is -2.14. The zero-order valence-corrected chi connectivity index (χ0v) is 16.8. The fourth-order valence-corrected chi connectivity index (χ4v) is 2.73. The van der Waals surface area contributed by atoms with Gasteiger partial charge in [0.15, 0.2) is 11.5 Å². The topological polar surface area (TPSA) is 111 Å². The summed E-state index contributed by atoms with van der Waals surface area (Å²) >= 11 is 0. The molecule has 0 heterocycles. The third kappa shape index (κ3) is 5.47. The van der Waals surface area contributed by atoms with Gasteiger partial charge < -0.3 is 4.74 Å². The lowest BCUT2D eigenvalue weighted by molar-refractivity contribution is -0.384. The van der Waals surface area contributed by atoms with Gasteiger partial charge in [-0.25, -0.2) is 4.79 Å². The molecule has 0 aliphatic rings. The maximum Gasteiger partial charge on any atom is 0.355 e. The smallest absolute Gasteiger partial charge is 0.355 e. The van der Waals surface area contributed by atoms with Crippen LogP contribution in [0.1, 0.15) is 35.3 Å². The van der Waals surface area contributed by atoms with Gasteiger partial charge in [-0.1, -0.05) is 29.8 Å². The SMILES string of the molecule is CCOC(=O)C(=NNc1ccc(C)cc1C)C(C)C(=O)c1cccc([N+](=O)[O-])c1. The van der Waals surface area contributed by atoms with Crippen molar-refractivity contribution in [1.29, 1.82) is 0 Å². The van der Waals surface area contributed by atoms with Crippen LogP contribution >= 0.6 is 0 Å². The molecule has 0 fully saturated rings. The second kappa shape index (κ2) is 9.59. The number of esters is 1. The lowest BCUT2D eigenvalue weighted by atomic mass is 9.94. The van der Waals surface area contributed by atoms with Crippen LogP contribution in [0.2, 0.25) is 0 Å². The minimum Gasteiger partial charge on any atom is -0.461 e. The van der Waals surface area contributed by atoms with E-state index in [1.54, 1.807) is 6.92 Å². The molecule has 1 unspecified atom stereocenters. The van der Waals surface area contributed by atoms with Crippen molar-refractivity contribution in [2.24, 2.45) is 11.0 Å². The Labute approximate surface area is 168 Å². The van der Waals surface area contributed by atoms with Crippen molar-refractivity contribution in [3.63, 3.8) is 0 Å². The molecule has 1 atom stereocenters. The average Bonchev–Trinajstić information content (AvgIpc) is 2.69. The number of nitrogens with one attached hydrogen (secondary N) is 1. The fourth-order valence-electron chi connectivity index (χ4n) is 2.73. The van der Waals surface area contributed by atoms with Crippen LogP contribution in [0.25, 0.3) is 0 Å². The number of anilines is 1. The van der Waals surface area contributed by atoms with E-state index in [0.29, 0.717) is 5.69 Å². The molecule has 152 valence electrons. The molecule has 0 aliphatic heterocycles. The van der Waals surface area contributed by atoms with Crippen LogP contribution < -0.4 is 5.43 Å². The molecule has 0 spiro atoms. The number of hydrogen-bond acceptors (Lipinski definition) is 7. The number of non-ortho nitro benzene ring substituents is 1. The van der Waals surface area contributed by atoms with E-state index in [1.807, 2.05) is 32.0 Å². The summed E-state index contributed by atoms with van der Waals surface area (Å²) in [5, 5.41) is 15.1. The number of hydrazone groups is 1. The van der Waals surface area contributed by atoms with Crippen molar-refractivity contribution in [2.45, 2.75) is 27.7 Å². The molecule has 2 rings (SSSR count). The standard InChI is InChI=1S/C21H23N3O5/c1-5-29-21(26)19(23-22-18-10-9-13(2)11-14(18)3)15(4)20(25)16-7-6-8-17(12-16)24(27)28/h6-12,15,22H,5H2,1-4H3. The van der Waals surface area contributed by atoms with Gasteiger partial charge >= 0.3 is 5.97 Å². The first-order chi connectivity index (χ1) is 13.7. The van der Waals surface area contributed by atoms with Gasteiger partial charge in [0.2, 0.25) is 0 Å². The van der Waals surface area contributed by atoms with Crippen LogP contribution in [-0.4, -0.2) is 29.0 Å². The first kappa shape index (κ1) is 21.7. The molecule has 8 nitrogen and oxygen atoms in total. The molecule has 0 aromatic heterocycles. The quantitative estimate of drug-likeness (QED) is 0.236. The summed E-state index contributed by atoms with van der Waals surface area (Å²) in [6, 6.07) is 11.0. The van der Waals surface area contributed by atoms with Crippen LogP contribution in [0, 0.1) is 29.9 Å². The summed E-state index contributed by atoms with van der Waals surface area (Å²) < 4.78 is 5.04. The van der Waals surface area contributed by atoms with E-state index >= 15 is 0 Å². The second-order valence-electron chi connectivity index (χ2n) is 6.54. The maximum atomic E-state index is 12.9. The number of nitrogens with zero attached hydrogens (tertiary/aromatic N) is 2. The van der Waals surface area contributed by atoms with Crippen LogP contribution in [0.15, 0.2) is 47.6 Å². The van der Waals surface area contributed by atoms with Crippen molar-refractivity contribution in [2.75, 3.05) is 12.0 Å².